The predicted molar refractivity (Wildman–Crippen MR) is 47.4 cm³/mol. The third-order valence-electron chi connectivity index (χ3n) is 1.23. The van der Waals surface area contributed by atoms with Gasteiger partial charge in [0, 0.05) is 12.4 Å². The number of halogens is 4. The van der Waals surface area contributed by atoms with Gasteiger partial charge in [0.2, 0.25) is 0 Å². The summed E-state index contributed by atoms with van der Waals surface area (Å²) in [6.07, 6.45) is 3.61. The molecule has 1 heterocycles. The van der Waals surface area contributed by atoms with Gasteiger partial charge in [-0.05, 0) is 11.6 Å². The summed E-state index contributed by atoms with van der Waals surface area (Å²) < 4.78 is 35.3. The van der Waals surface area contributed by atoms with Gasteiger partial charge in [-0.25, -0.2) is 0 Å². The van der Waals surface area contributed by atoms with Crippen molar-refractivity contribution in [1.82, 2.24) is 4.98 Å². The third kappa shape index (κ3) is 3.98. The molecule has 13 heavy (non-hydrogen) atoms. The van der Waals surface area contributed by atoms with Gasteiger partial charge in [-0.2, -0.15) is 0 Å². The highest BCUT2D eigenvalue weighted by atomic mass is 35.5. The molecular formula is C7H5BClF3N-. The molecule has 70 valence electrons. The van der Waals surface area contributed by atoms with E-state index in [2.05, 4.69) is 4.98 Å². The first-order chi connectivity index (χ1) is 5.97. The zero-order valence-electron chi connectivity index (χ0n) is 6.42. The molecule has 6 heteroatoms. The molecule has 0 radical (unpaired) electrons. The van der Waals surface area contributed by atoms with E-state index in [0.29, 0.717) is 10.6 Å². The summed E-state index contributed by atoms with van der Waals surface area (Å²) in [6, 6.07) is 1.41. The molecule has 0 saturated carbocycles. The van der Waals surface area contributed by atoms with Crippen molar-refractivity contribution in [3.8, 4) is 0 Å². The lowest BCUT2D eigenvalue weighted by molar-refractivity contribution is 0.499. The van der Waals surface area contributed by atoms with Crippen molar-refractivity contribution < 1.29 is 12.9 Å². The van der Waals surface area contributed by atoms with Crippen LogP contribution in [0, 0.1) is 0 Å². The second-order valence-electron chi connectivity index (χ2n) is 2.42. The molecule has 0 aliphatic rings. The Bertz CT molecular complexity index is 324. The van der Waals surface area contributed by atoms with E-state index in [1.165, 1.54) is 18.5 Å². The van der Waals surface area contributed by atoms with Gasteiger partial charge in [0.15, 0.2) is 0 Å². The average Bonchev–Trinajstić information content (AvgIpc) is 2.00. The summed E-state index contributed by atoms with van der Waals surface area (Å²) in [5.41, 5.74) is 0.340. The summed E-state index contributed by atoms with van der Waals surface area (Å²) in [5.74, 6) is 0.202. The molecule has 0 saturated heterocycles. The molecule has 0 aliphatic heterocycles. The van der Waals surface area contributed by atoms with Gasteiger partial charge < -0.3 is 12.9 Å². The topological polar surface area (TPSA) is 12.9 Å². The molecule has 1 aromatic heterocycles. The Labute approximate surface area is 78.3 Å². The maximum absolute atomic E-state index is 11.8. The van der Waals surface area contributed by atoms with Gasteiger partial charge in [-0.1, -0.05) is 17.7 Å². The molecule has 0 spiro atoms. The van der Waals surface area contributed by atoms with Gasteiger partial charge in [-0.15, -0.1) is 5.98 Å². The molecular weight excluding hydrogens is 201 g/mol. The van der Waals surface area contributed by atoms with E-state index in [-0.39, 0.29) is 5.98 Å². The summed E-state index contributed by atoms with van der Waals surface area (Å²) in [6.45, 7) is -4.89. The van der Waals surface area contributed by atoms with Crippen LogP contribution in [0.1, 0.15) is 5.56 Å². The van der Waals surface area contributed by atoms with E-state index in [1.54, 1.807) is 0 Å². The highest BCUT2D eigenvalue weighted by Gasteiger charge is 2.16. The fraction of sp³-hybridized carbons (Fsp3) is 0. The lowest BCUT2D eigenvalue weighted by Crippen LogP contribution is -2.09. The average molecular weight is 206 g/mol. The van der Waals surface area contributed by atoms with Crippen molar-refractivity contribution >= 4 is 24.7 Å². The molecule has 0 aliphatic carbocycles. The van der Waals surface area contributed by atoms with Gasteiger partial charge in [0.1, 0.15) is 0 Å². The van der Waals surface area contributed by atoms with Crippen molar-refractivity contribution in [1.29, 1.82) is 0 Å². The molecule has 0 amide bonds. The second kappa shape index (κ2) is 3.83. The predicted octanol–water partition coefficient (Wildman–Crippen LogP) is 3.13. The first-order valence-corrected chi connectivity index (χ1v) is 3.85. The van der Waals surface area contributed by atoms with Crippen molar-refractivity contribution in [2.45, 2.75) is 0 Å². The van der Waals surface area contributed by atoms with Crippen molar-refractivity contribution in [2.24, 2.45) is 0 Å². The zero-order chi connectivity index (χ0) is 9.90. The fourth-order valence-electron chi connectivity index (χ4n) is 0.740. The normalized spacial score (nSPS) is 12.3. The van der Waals surface area contributed by atoms with E-state index in [0.717, 1.165) is 6.08 Å². The summed E-state index contributed by atoms with van der Waals surface area (Å²) in [7, 11) is 0. The number of rotatable bonds is 2. The molecule has 0 N–H and O–H groups in total. The highest BCUT2D eigenvalue weighted by Crippen LogP contribution is 2.14. The molecule has 0 bridgehead atoms. The van der Waals surface area contributed by atoms with Gasteiger partial charge in [-0.3, -0.25) is 4.98 Å². The molecule has 0 fully saturated rings. The van der Waals surface area contributed by atoms with Gasteiger partial charge in [0.25, 0.3) is 0 Å². The van der Waals surface area contributed by atoms with E-state index in [1.807, 2.05) is 0 Å². The number of pyridine rings is 1. The number of hydrogen-bond donors (Lipinski definition) is 0. The van der Waals surface area contributed by atoms with Gasteiger partial charge >= 0.3 is 6.98 Å². The van der Waals surface area contributed by atoms with Crippen LogP contribution in [0.4, 0.5) is 12.9 Å². The van der Waals surface area contributed by atoms with E-state index in [4.69, 9.17) is 11.6 Å². The largest absolute Gasteiger partial charge is 0.502 e. The van der Waals surface area contributed by atoms with Crippen LogP contribution >= 0.6 is 11.6 Å². The first kappa shape index (κ1) is 10.1. The van der Waals surface area contributed by atoms with E-state index in [9.17, 15) is 12.9 Å². The van der Waals surface area contributed by atoms with Crippen LogP contribution in [0.25, 0.3) is 6.08 Å². The standard InChI is InChI=1S/C7H5BClF3N/c9-7-3-6(4-13-5-7)1-2-8(10,11)12/h1-5H/q-1/b2-1+. The van der Waals surface area contributed by atoms with Crippen LogP contribution in [0.15, 0.2) is 24.4 Å². The van der Waals surface area contributed by atoms with E-state index >= 15 is 0 Å². The summed E-state index contributed by atoms with van der Waals surface area (Å²) in [4.78, 5) is 3.64. The minimum absolute atomic E-state index is 0.202. The quantitative estimate of drug-likeness (QED) is 0.677. The molecule has 1 rings (SSSR count). The Morgan fingerprint density at radius 2 is 2.00 bits per heavy atom. The zero-order valence-corrected chi connectivity index (χ0v) is 7.18. The minimum Gasteiger partial charge on any atom is -0.445 e. The Morgan fingerprint density at radius 1 is 1.31 bits per heavy atom. The Morgan fingerprint density at radius 3 is 2.54 bits per heavy atom. The lowest BCUT2D eigenvalue weighted by Gasteiger charge is -2.05. The Hall–Kier alpha value is -0.965. The first-order valence-electron chi connectivity index (χ1n) is 3.47. The molecule has 1 nitrogen and oxygen atoms in total. The smallest absolute Gasteiger partial charge is 0.445 e. The number of hydrogen-bond acceptors (Lipinski definition) is 1. The second-order valence-corrected chi connectivity index (χ2v) is 2.86. The SMILES string of the molecule is F[B-](F)(F)/C=C/c1cncc(Cl)c1. The summed E-state index contributed by atoms with van der Waals surface area (Å²) in [5, 5.41) is 0.317. The van der Waals surface area contributed by atoms with Crippen molar-refractivity contribution in [2.75, 3.05) is 0 Å². The Kier molecular flexibility index (Phi) is 2.98. The minimum atomic E-state index is -4.89. The summed E-state index contributed by atoms with van der Waals surface area (Å²) >= 11 is 5.52. The highest BCUT2D eigenvalue weighted by molar-refractivity contribution is 6.64. The van der Waals surface area contributed by atoms with Crippen LogP contribution in [-0.4, -0.2) is 12.0 Å². The maximum Gasteiger partial charge on any atom is 0.502 e. The fourth-order valence-corrected chi connectivity index (χ4v) is 0.922. The number of nitrogens with zero attached hydrogens (tertiary/aromatic N) is 1. The van der Waals surface area contributed by atoms with Crippen LogP contribution in [-0.2, 0) is 0 Å². The van der Waals surface area contributed by atoms with Crippen LogP contribution in [0.2, 0.25) is 5.02 Å². The van der Waals surface area contributed by atoms with Crippen LogP contribution in [0.3, 0.4) is 0 Å². The monoisotopic (exact) mass is 206 g/mol. The van der Waals surface area contributed by atoms with Crippen LogP contribution in [0.5, 0.6) is 0 Å². The Balaban J connectivity index is 2.80. The molecule has 0 aromatic carbocycles. The maximum atomic E-state index is 11.8. The van der Waals surface area contributed by atoms with Crippen LogP contribution < -0.4 is 0 Å². The third-order valence-corrected chi connectivity index (χ3v) is 1.44. The molecule has 0 atom stereocenters. The molecule has 1 aromatic rings. The van der Waals surface area contributed by atoms with Crippen molar-refractivity contribution in [3.05, 3.63) is 35.0 Å². The van der Waals surface area contributed by atoms with E-state index < -0.39 is 6.98 Å². The molecule has 0 unspecified atom stereocenters. The lowest BCUT2D eigenvalue weighted by atomic mass is 9.91. The number of aromatic nitrogens is 1. The van der Waals surface area contributed by atoms with Gasteiger partial charge in [0.05, 0.1) is 5.02 Å². The van der Waals surface area contributed by atoms with Crippen molar-refractivity contribution in [3.63, 3.8) is 0 Å².